The molecule has 1 rings (SSSR count). The first-order chi connectivity index (χ1) is 7.47. The Morgan fingerprint density at radius 2 is 2.06 bits per heavy atom. The summed E-state index contributed by atoms with van der Waals surface area (Å²) in [5.74, 6) is 0.178. The number of hydrogen-bond donors (Lipinski definition) is 2. The Bertz CT molecular complexity index is 362. The van der Waals surface area contributed by atoms with Crippen LogP contribution < -0.4 is 5.73 Å². The molecule has 3 N–H and O–H groups in total. The van der Waals surface area contributed by atoms with Crippen LogP contribution in [0, 0.1) is 5.92 Å². The molecule has 1 unspecified atom stereocenters. The van der Waals surface area contributed by atoms with Gasteiger partial charge in [-0.2, -0.15) is 0 Å². The molecule has 3 atom stereocenters. The van der Waals surface area contributed by atoms with Crippen molar-refractivity contribution in [3.63, 3.8) is 0 Å². The van der Waals surface area contributed by atoms with Gasteiger partial charge in [0.2, 0.25) is 0 Å². The average Bonchev–Trinajstić information content (AvgIpc) is 2.26. The smallest absolute Gasteiger partial charge is 0.0758 e. The molecular formula is C12H18BrCl2NO. The van der Waals surface area contributed by atoms with Crippen molar-refractivity contribution in [1.29, 1.82) is 0 Å². The van der Waals surface area contributed by atoms with Crippen LogP contribution in [0.15, 0.2) is 22.7 Å². The van der Waals surface area contributed by atoms with E-state index in [0.717, 1.165) is 16.5 Å². The third-order valence-electron chi connectivity index (χ3n) is 2.92. The van der Waals surface area contributed by atoms with Crippen LogP contribution in [0.4, 0.5) is 0 Å². The third-order valence-corrected chi connectivity index (χ3v) is 3.84. The number of nitrogens with two attached hydrogens (primary N) is 1. The van der Waals surface area contributed by atoms with Crippen molar-refractivity contribution in [2.24, 2.45) is 11.7 Å². The van der Waals surface area contributed by atoms with Crippen LogP contribution in [0.5, 0.6) is 0 Å². The molecule has 5 heteroatoms. The Hall–Kier alpha value is 0.200. The van der Waals surface area contributed by atoms with Gasteiger partial charge in [-0.25, -0.2) is 0 Å². The summed E-state index contributed by atoms with van der Waals surface area (Å²) in [7, 11) is 0. The van der Waals surface area contributed by atoms with Gasteiger partial charge in [-0.15, -0.1) is 12.4 Å². The van der Waals surface area contributed by atoms with Crippen molar-refractivity contribution in [3.05, 3.63) is 33.3 Å². The largest absolute Gasteiger partial charge is 0.391 e. The Kier molecular flexibility index (Phi) is 7.68. The van der Waals surface area contributed by atoms with Gasteiger partial charge in [-0.05, 0) is 23.6 Å². The van der Waals surface area contributed by atoms with E-state index in [-0.39, 0.29) is 24.4 Å². The summed E-state index contributed by atoms with van der Waals surface area (Å²) in [5.41, 5.74) is 6.93. The van der Waals surface area contributed by atoms with Crippen LogP contribution in [0.25, 0.3) is 0 Å². The van der Waals surface area contributed by atoms with Gasteiger partial charge < -0.3 is 10.8 Å². The standard InChI is InChI=1S/C12H17BrClNO.ClH/c1-3-7(2)12(16)11(15)9-5-4-8(14)6-10(9)13;/h4-7,11-12,16H,3,15H2,1-2H3;1H/t7?,11-,12+;/m1./s1. The highest BCUT2D eigenvalue weighted by atomic mass is 79.9. The van der Waals surface area contributed by atoms with Crippen molar-refractivity contribution in [3.8, 4) is 0 Å². The molecule has 0 amide bonds. The lowest BCUT2D eigenvalue weighted by molar-refractivity contribution is 0.0878. The lowest BCUT2D eigenvalue weighted by Gasteiger charge is -2.25. The highest BCUT2D eigenvalue weighted by molar-refractivity contribution is 9.10. The van der Waals surface area contributed by atoms with Crippen molar-refractivity contribution < 1.29 is 5.11 Å². The molecule has 0 aliphatic rings. The summed E-state index contributed by atoms with van der Waals surface area (Å²) in [6.45, 7) is 4.03. The van der Waals surface area contributed by atoms with Gasteiger partial charge in [0.25, 0.3) is 0 Å². The maximum atomic E-state index is 10.1. The van der Waals surface area contributed by atoms with E-state index in [2.05, 4.69) is 15.9 Å². The predicted octanol–water partition coefficient (Wildman–Crippen LogP) is 3.93. The highest BCUT2D eigenvalue weighted by Gasteiger charge is 2.23. The molecule has 98 valence electrons. The van der Waals surface area contributed by atoms with E-state index >= 15 is 0 Å². The Balaban J connectivity index is 0.00000256. The Morgan fingerprint density at radius 1 is 1.47 bits per heavy atom. The molecule has 0 aliphatic carbocycles. The van der Waals surface area contributed by atoms with Crippen molar-refractivity contribution >= 4 is 39.9 Å². The number of benzene rings is 1. The normalized spacial score (nSPS) is 15.9. The minimum absolute atomic E-state index is 0. The zero-order valence-corrected chi connectivity index (χ0v) is 13.0. The van der Waals surface area contributed by atoms with Crippen LogP contribution in [-0.2, 0) is 0 Å². The highest BCUT2D eigenvalue weighted by Crippen LogP contribution is 2.29. The van der Waals surface area contributed by atoms with Crippen molar-refractivity contribution in [1.82, 2.24) is 0 Å². The van der Waals surface area contributed by atoms with Gasteiger partial charge in [0.15, 0.2) is 0 Å². The Morgan fingerprint density at radius 3 is 2.53 bits per heavy atom. The van der Waals surface area contributed by atoms with Crippen LogP contribution in [-0.4, -0.2) is 11.2 Å². The van der Waals surface area contributed by atoms with E-state index in [4.69, 9.17) is 17.3 Å². The topological polar surface area (TPSA) is 46.2 Å². The minimum atomic E-state index is -0.539. The molecule has 1 aromatic rings. The molecule has 2 nitrogen and oxygen atoms in total. The molecule has 0 saturated heterocycles. The fourth-order valence-corrected chi connectivity index (χ4v) is 2.50. The molecule has 0 aromatic heterocycles. The SMILES string of the molecule is CCC(C)[C@H](O)[C@H](N)c1ccc(Cl)cc1Br.Cl. The van der Waals surface area contributed by atoms with Crippen molar-refractivity contribution in [2.75, 3.05) is 0 Å². The summed E-state index contributed by atoms with van der Waals surface area (Å²) >= 11 is 9.27. The van der Waals surface area contributed by atoms with E-state index in [0.29, 0.717) is 5.02 Å². The monoisotopic (exact) mass is 341 g/mol. The number of rotatable bonds is 4. The Labute approximate surface area is 122 Å². The van der Waals surface area contributed by atoms with E-state index in [1.807, 2.05) is 19.9 Å². The van der Waals surface area contributed by atoms with Crippen molar-refractivity contribution in [2.45, 2.75) is 32.4 Å². The third kappa shape index (κ3) is 4.42. The molecule has 0 radical (unpaired) electrons. The molecule has 17 heavy (non-hydrogen) atoms. The predicted molar refractivity (Wildman–Crippen MR) is 78.8 cm³/mol. The second-order valence-corrected chi connectivity index (χ2v) is 5.36. The zero-order valence-electron chi connectivity index (χ0n) is 9.86. The van der Waals surface area contributed by atoms with Gasteiger partial charge in [0.05, 0.1) is 12.1 Å². The molecular weight excluding hydrogens is 325 g/mol. The summed E-state index contributed by atoms with van der Waals surface area (Å²) in [5, 5.41) is 10.7. The van der Waals surface area contributed by atoms with Crippen LogP contribution in [0.2, 0.25) is 5.02 Å². The van der Waals surface area contributed by atoms with Crippen LogP contribution >= 0.6 is 39.9 Å². The van der Waals surface area contributed by atoms with E-state index in [1.54, 1.807) is 12.1 Å². The van der Waals surface area contributed by atoms with Gasteiger partial charge in [0.1, 0.15) is 0 Å². The van der Waals surface area contributed by atoms with Gasteiger partial charge in [-0.3, -0.25) is 0 Å². The molecule has 1 aromatic carbocycles. The number of aliphatic hydroxyl groups is 1. The molecule has 0 heterocycles. The number of aliphatic hydroxyl groups excluding tert-OH is 1. The maximum absolute atomic E-state index is 10.1. The van der Waals surface area contributed by atoms with Crippen LogP contribution in [0.1, 0.15) is 31.9 Å². The first kappa shape index (κ1) is 17.2. The average molecular weight is 343 g/mol. The fourth-order valence-electron chi connectivity index (χ4n) is 1.55. The van der Waals surface area contributed by atoms with E-state index in [1.165, 1.54) is 0 Å². The van der Waals surface area contributed by atoms with E-state index in [9.17, 15) is 5.11 Å². The van der Waals surface area contributed by atoms with Crippen LogP contribution in [0.3, 0.4) is 0 Å². The number of hydrogen-bond acceptors (Lipinski definition) is 2. The lowest BCUT2D eigenvalue weighted by Crippen LogP contribution is -2.31. The summed E-state index contributed by atoms with van der Waals surface area (Å²) in [6.07, 6.45) is 0.363. The second-order valence-electron chi connectivity index (χ2n) is 4.07. The van der Waals surface area contributed by atoms with Gasteiger partial charge in [-0.1, -0.05) is 53.9 Å². The second kappa shape index (κ2) is 7.59. The van der Waals surface area contributed by atoms with Gasteiger partial charge >= 0.3 is 0 Å². The summed E-state index contributed by atoms with van der Waals surface area (Å²) < 4.78 is 0.842. The first-order valence-electron chi connectivity index (χ1n) is 5.36. The minimum Gasteiger partial charge on any atom is -0.391 e. The molecule has 0 aliphatic heterocycles. The first-order valence-corrected chi connectivity index (χ1v) is 6.53. The quantitative estimate of drug-likeness (QED) is 0.870. The fraction of sp³-hybridized carbons (Fsp3) is 0.500. The summed E-state index contributed by atoms with van der Waals surface area (Å²) in [4.78, 5) is 0. The van der Waals surface area contributed by atoms with Gasteiger partial charge in [0, 0.05) is 9.50 Å². The molecule has 0 spiro atoms. The summed E-state index contributed by atoms with van der Waals surface area (Å²) in [6, 6.07) is 5.04. The maximum Gasteiger partial charge on any atom is 0.0758 e. The zero-order chi connectivity index (χ0) is 12.3. The van der Waals surface area contributed by atoms with E-state index < -0.39 is 6.10 Å². The molecule has 0 saturated carbocycles. The lowest BCUT2D eigenvalue weighted by atomic mass is 9.92. The molecule has 0 fully saturated rings. The molecule has 0 bridgehead atoms. The number of halogens is 3.